The Morgan fingerprint density at radius 2 is 2.05 bits per heavy atom. The molecule has 0 unspecified atom stereocenters. The van der Waals surface area contributed by atoms with Gasteiger partial charge < -0.3 is 19.2 Å². The highest BCUT2D eigenvalue weighted by atomic mass is 16.6. The van der Waals surface area contributed by atoms with Crippen LogP contribution in [0.3, 0.4) is 0 Å². The highest BCUT2D eigenvalue weighted by molar-refractivity contribution is 5.91. The average molecular weight is 294 g/mol. The zero-order valence-electron chi connectivity index (χ0n) is 12.7. The number of piperazine rings is 1. The molecule has 0 aliphatic carbocycles. The summed E-state index contributed by atoms with van der Waals surface area (Å²) < 4.78 is 5.37. The van der Waals surface area contributed by atoms with Gasteiger partial charge in [0.25, 0.3) is 5.95 Å². The van der Waals surface area contributed by atoms with Crippen molar-refractivity contribution in [2.45, 2.75) is 13.0 Å². The molecule has 1 aromatic heterocycles. The molecular weight excluding hydrogens is 272 g/mol. The minimum absolute atomic E-state index is 0.653. The fraction of sp³-hybridized carbons (Fsp3) is 0.769. The maximum absolute atomic E-state index is 5.37. The second-order valence-electron chi connectivity index (χ2n) is 5.58. The van der Waals surface area contributed by atoms with Crippen LogP contribution in [0.4, 0.5) is 5.95 Å². The number of likely N-dealkylation sites (N-methyl/N-ethyl adjacent to an activating group) is 1. The quantitative estimate of drug-likeness (QED) is 0.726. The van der Waals surface area contributed by atoms with Gasteiger partial charge in [0, 0.05) is 39.1 Å². The molecule has 2 aliphatic rings. The molecule has 0 aromatic carbocycles. The summed E-state index contributed by atoms with van der Waals surface area (Å²) in [7, 11) is 3.72. The molecule has 0 bridgehead atoms. The van der Waals surface area contributed by atoms with Gasteiger partial charge >= 0.3 is 0 Å². The van der Waals surface area contributed by atoms with Crippen molar-refractivity contribution in [2.75, 3.05) is 58.3 Å². The summed E-state index contributed by atoms with van der Waals surface area (Å²) in [4.78, 5) is 16.0. The van der Waals surface area contributed by atoms with Gasteiger partial charge in [-0.2, -0.15) is 4.98 Å². The highest BCUT2D eigenvalue weighted by Gasteiger charge is 2.24. The zero-order chi connectivity index (χ0) is 14.7. The van der Waals surface area contributed by atoms with Crippen LogP contribution < -0.4 is 4.90 Å². The molecule has 0 radical (unpaired) electrons. The van der Waals surface area contributed by atoms with Crippen molar-refractivity contribution in [1.82, 2.24) is 19.9 Å². The second-order valence-corrected chi connectivity index (χ2v) is 5.58. The van der Waals surface area contributed by atoms with Crippen LogP contribution in [-0.2, 0) is 11.4 Å². The van der Waals surface area contributed by atoms with E-state index in [0.717, 1.165) is 51.4 Å². The van der Waals surface area contributed by atoms with Crippen LogP contribution in [0.2, 0.25) is 0 Å². The lowest BCUT2D eigenvalue weighted by Crippen LogP contribution is -2.43. The summed E-state index contributed by atoms with van der Waals surface area (Å²) in [6.07, 6.45) is 0.885. The molecule has 1 aromatic rings. The van der Waals surface area contributed by atoms with Gasteiger partial charge in [-0.3, -0.25) is 4.90 Å². The molecule has 2 aliphatic heterocycles. The van der Waals surface area contributed by atoms with Gasteiger partial charge in [0.1, 0.15) is 7.11 Å². The van der Waals surface area contributed by atoms with Crippen LogP contribution in [0.25, 0.3) is 0 Å². The van der Waals surface area contributed by atoms with E-state index in [1.165, 1.54) is 0 Å². The standard InChI is InChI=1S/C13H22N6O2/c1-17-5-7-18(8-6-17)10-12-14-13(16-21-12)19-4-3-11(9-19)15-20-2/h3-10H2,1-2H3. The summed E-state index contributed by atoms with van der Waals surface area (Å²) in [5.74, 6) is 1.34. The Balaban J connectivity index is 1.55. The van der Waals surface area contributed by atoms with Crippen LogP contribution >= 0.6 is 0 Å². The number of hydrogen-bond donors (Lipinski definition) is 0. The first-order chi connectivity index (χ1) is 10.2. The van der Waals surface area contributed by atoms with Crippen LogP contribution in [0.1, 0.15) is 12.3 Å². The first kappa shape index (κ1) is 14.3. The first-order valence-corrected chi connectivity index (χ1v) is 7.32. The van der Waals surface area contributed by atoms with E-state index in [0.29, 0.717) is 18.4 Å². The summed E-state index contributed by atoms with van der Waals surface area (Å²) >= 11 is 0. The molecule has 8 nitrogen and oxygen atoms in total. The second kappa shape index (κ2) is 6.40. The molecular formula is C13H22N6O2. The SMILES string of the molecule is CON=C1CCN(c2noc(CN3CCN(C)CC3)n2)C1. The van der Waals surface area contributed by atoms with Gasteiger partial charge in [-0.1, -0.05) is 5.16 Å². The Labute approximate surface area is 124 Å². The Bertz CT molecular complexity index is 495. The maximum Gasteiger partial charge on any atom is 0.266 e. The molecule has 2 saturated heterocycles. The summed E-state index contributed by atoms with van der Waals surface area (Å²) in [5.41, 5.74) is 1.02. The van der Waals surface area contributed by atoms with E-state index in [1.54, 1.807) is 7.11 Å². The highest BCUT2D eigenvalue weighted by Crippen LogP contribution is 2.16. The molecule has 8 heteroatoms. The minimum atomic E-state index is 0.653. The van der Waals surface area contributed by atoms with Gasteiger partial charge in [0.2, 0.25) is 5.89 Å². The van der Waals surface area contributed by atoms with E-state index >= 15 is 0 Å². The van der Waals surface area contributed by atoms with Crippen molar-refractivity contribution >= 4 is 11.7 Å². The maximum atomic E-state index is 5.37. The lowest BCUT2D eigenvalue weighted by Gasteiger charge is -2.31. The Hall–Kier alpha value is -1.67. The van der Waals surface area contributed by atoms with E-state index in [9.17, 15) is 0 Å². The van der Waals surface area contributed by atoms with Crippen LogP contribution in [0.5, 0.6) is 0 Å². The lowest BCUT2D eigenvalue weighted by atomic mass is 10.3. The first-order valence-electron chi connectivity index (χ1n) is 7.32. The molecule has 21 heavy (non-hydrogen) atoms. The normalized spacial score (nSPS) is 23.1. The molecule has 3 heterocycles. The molecule has 0 atom stereocenters. The molecule has 3 rings (SSSR count). The summed E-state index contributed by atoms with van der Waals surface area (Å²) in [5, 5.41) is 8.06. The van der Waals surface area contributed by atoms with E-state index < -0.39 is 0 Å². The Kier molecular flexibility index (Phi) is 4.35. The van der Waals surface area contributed by atoms with Crippen molar-refractivity contribution < 1.29 is 9.36 Å². The fourth-order valence-corrected chi connectivity index (χ4v) is 2.65. The van der Waals surface area contributed by atoms with Crippen LogP contribution in [0.15, 0.2) is 9.68 Å². The smallest absolute Gasteiger partial charge is 0.266 e. The predicted octanol–water partition coefficient (Wildman–Crippen LogP) is 0.0295. The molecule has 2 fully saturated rings. The Morgan fingerprint density at radius 3 is 2.81 bits per heavy atom. The molecule has 0 amide bonds. The van der Waals surface area contributed by atoms with Gasteiger partial charge in [-0.05, 0) is 12.2 Å². The van der Waals surface area contributed by atoms with E-state index in [4.69, 9.17) is 9.36 Å². The van der Waals surface area contributed by atoms with Crippen molar-refractivity contribution in [2.24, 2.45) is 5.16 Å². The molecule has 0 N–H and O–H groups in total. The predicted molar refractivity (Wildman–Crippen MR) is 78.3 cm³/mol. The monoisotopic (exact) mass is 294 g/mol. The van der Waals surface area contributed by atoms with Crippen molar-refractivity contribution in [3.05, 3.63) is 5.89 Å². The van der Waals surface area contributed by atoms with Gasteiger partial charge in [0.05, 0.1) is 18.8 Å². The number of nitrogens with zero attached hydrogens (tertiary/aromatic N) is 6. The third-order valence-electron chi connectivity index (χ3n) is 3.96. The molecule has 0 spiro atoms. The lowest BCUT2D eigenvalue weighted by molar-refractivity contribution is 0.135. The fourth-order valence-electron chi connectivity index (χ4n) is 2.65. The van der Waals surface area contributed by atoms with Gasteiger partial charge in [-0.25, -0.2) is 0 Å². The number of anilines is 1. The van der Waals surface area contributed by atoms with E-state index in [2.05, 4.69) is 37.0 Å². The van der Waals surface area contributed by atoms with Crippen molar-refractivity contribution in [3.63, 3.8) is 0 Å². The van der Waals surface area contributed by atoms with Crippen molar-refractivity contribution in [1.29, 1.82) is 0 Å². The Morgan fingerprint density at radius 1 is 1.24 bits per heavy atom. The number of rotatable bonds is 4. The van der Waals surface area contributed by atoms with E-state index in [-0.39, 0.29) is 0 Å². The minimum Gasteiger partial charge on any atom is -0.399 e. The van der Waals surface area contributed by atoms with Gasteiger partial charge in [0.15, 0.2) is 0 Å². The largest absolute Gasteiger partial charge is 0.399 e. The zero-order valence-corrected chi connectivity index (χ0v) is 12.7. The molecule has 0 saturated carbocycles. The third-order valence-corrected chi connectivity index (χ3v) is 3.96. The summed E-state index contributed by atoms with van der Waals surface area (Å²) in [6.45, 7) is 6.56. The van der Waals surface area contributed by atoms with E-state index in [1.807, 2.05) is 0 Å². The number of aromatic nitrogens is 2. The summed E-state index contributed by atoms with van der Waals surface area (Å²) in [6, 6.07) is 0. The van der Waals surface area contributed by atoms with Crippen molar-refractivity contribution in [3.8, 4) is 0 Å². The number of hydrogen-bond acceptors (Lipinski definition) is 8. The molecule has 116 valence electrons. The van der Waals surface area contributed by atoms with Gasteiger partial charge in [-0.15, -0.1) is 0 Å². The third kappa shape index (κ3) is 3.51. The van der Waals surface area contributed by atoms with Crippen LogP contribution in [-0.4, -0.2) is 79.1 Å². The average Bonchev–Trinajstić information content (AvgIpc) is 3.11. The number of oxime groups is 1. The van der Waals surface area contributed by atoms with Crippen LogP contribution in [0, 0.1) is 0 Å². The topological polar surface area (TPSA) is 70.2 Å².